The first kappa shape index (κ1) is 42.3. The number of carbonyl (C=O) groups excluding carboxylic acids is 2. The van der Waals surface area contributed by atoms with Crippen LogP contribution in [0.15, 0.2) is 72.9 Å². The van der Waals surface area contributed by atoms with E-state index in [0.717, 1.165) is 57.8 Å². The summed E-state index contributed by atoms with van der Waals surface area (Å²) in [6.45, 7) is 3.93. The minimum absolute atomic E-state index is 0.0980. The van der Waals surface area contributed by atoms with Gasteiger partial charge in [0.25, 0.3) is 0 Å². The maximum atomic E-state index is 12.1. The van der Waals surface area contributed by atoms with E-state index in [-0.39, 0.29) is 25.6 Å². The Bertz CT molecular complexity index is 849. The van der Waals surface area contributed by atoms with E-state index in [9.17, 15) is 14.7 Å². The first-order chi connectivity index (χ1) is 22.1. The largest absolute Gasteiger partial charge is 0.462 e. The van der Waals surface area contributed by atoms with Crippen molar-refractivity contribution in [1.82, 2.24) is 0 Å². The van der Waals surface area contributed by atoms with Crippen LogP contribution in [0.4, 0.5) is 0 Å². The molecule has 0 bridgehead atoms. The van der Waals surface area contributed by atoms with Crippen LogP contribution in [-0.4, -0.2) is 36.4 Å². The zero-order chi connectivity index (χ0) is 32.9. The summed E-state index contributed by atoms with van der Waals surface area (Å²) in [6.07, 6.45) is 46.8. The lowest BCUT2D eigenvalue weighted by Gasteiger charge is -2.15. The fourth-order valence-electron chi connectivity index (χ4n) is 4.58. The molecule has 5 nitrogen and oxygen atoms in total. The van der Waals surface area contributed by atoms with E-state index >= 15 is 0 Å². The van der Waals surface area contributed by atoms with Crippen LogP contribution < -0.4 is 0 Å². The molecule has 0 spiro atoms. The molecular weight excluding hydrogens is 560 g/mol. The summed E-state index contributed by atoms with van der Waals surface area (Å²) >= 11 is 0. The van der Waals surface area contributed by atoms with E-state index in [2.05, 4.69) is 74.6 Å². The number of unbranched alkanes of at least 4 members (excludes halogenated alkanes) is 11. The van der Waals surface area contributed by atoms with Crippen molar-refractivity contribution >= 4 is 11.9 Å². The second-order valence-electron chi connectivity index (χ2n) is 11.6. The van der Waals surface area contributed by atoms with Crippen molar-refractivity contribution in [3.05, 3.63) is 72.9 Å². The van der Waals surface area contributed by atoms with Gasteiger partial charge in [-0.15, -0.1) is 0 Å². The number of aliphatic hydroxyl groups excluding tert-OH is 1. The number of carbonyl (C=O) groups is 2. The highest BCUT2D eigenvalue weighted by atomic mass is 16.6. The third kappa shape index (κ3) is 34.1. The van der Waals surface area contributed by atoms with Crippen molar-refractivity contribution < 1.29 is 24.2 Å². The predicted octanol–water partition coefficient (Wildman–Crippen LogP) is 11.0. The normalized spacial score (nSPS) is 13.0. The smallest absolute Gasteiger partial charge is 0.306 e. The fourth-order valence-corrected chi connectivity index (χ4v) is 4.58. The standard InChI is InChI=1S/C40H66O5/c1-3-5-7-9-11-13-15-17-18-19-20-21-22-23-25-27-29-31-33-35-40(43)45-38(36-41)37-44-39(42)34-32-30-28-26-24-16-14-12-10-8-6-4-2/h5,7,11,13,17-18,20-21,23,25,29,31,38,41H,3-4,6,8-10,12,14-16,19,22,24,26-28,30,32-37H2,1-2H3. The van der Waals surface area contributed by atoms with Crippen LogP contribution in [0.25, 0.3) is 0 Å². The van der Waals surface area contributed by atoms with E-state index in [1.54, 1.807) is 0 Å². The Morgan fingerprint density at radius 3 is 1.40 bits per heavy atom. The van der Waals surface area contributed by atoms with E-state index in [1.165, 1.54) is 57.8 Å². The lowest BCUT2D eigenvalue weighted by molar-refractivity contribution is -0.161. The number of ether oxygens (including phenoxy) is 2. The molecule has 0 rings (SSSR count). The van der Waals surface area contributed by atoms with Gasteiger partial charge in [-0.1, -0.05) is 157 Å². The van der Waals surface area contributed by atoms with Gasteiger partial charge in [-0.05, 0) is 51.4 Å². The van der Waals surface area contributed by atoms with E-state index < -0.39 is 12.1 Å². The fraction of sp³-hybridized carbons (Fsp3) is 0.650. The van der Waals surface area contributed by atoms with Gasteiger partial charge in [0.15, 0.2) is 6.10 Å². The maximum Gasteiger partial charge on any atom is 0.306 e. The van der Waals surface area contributed by atoms with E-state index in [0.29, 0.717) is 12.8 Å². The van der Waals surface area contributed by atoms with Crippen LogP contribution in [0.2, 0.25) is 0 Å². The Balaban J connectivity index is 3.75. The van der Waals surface area contributed by atoms with Gasteiger partial charge in [0.05, 0.1) is 6.61 Å². The Labute approximate surface area is 276 Å². The Kier molecular flexibility index (Phi) is 33.7. The molecule has 0 radical (unpaired) electrons. The van der Waals surface area contributed by atoms with Crippen LogP contribution in [0, 0.1) is 0 Å². The average Bonchev–Trinajstić information content (AvgIpc) is 3.04. The summed E-state index contributed by atoms with van der Waals surface area (Å²) in [5.74, 6) is -0.694. The first-order valence-corrected chi connectivity index (χ1v) is 18.0. The molecule has 0 aliphatic carbocycles. The molecule has 0 aliphatic rings. The summed E-state index contributed by atoms with van der Waals surface area (Å²) in [7, 11) is 0. The molecule has 0 heterocycles. The molecule has 0 aromatic rings. The molecule has 0 aromatic carbocycles. The van der Waals surface area contributed by atoms with Crippen molar-refractivity contribution in [1.29, 1.82) is 0 Å². The molecule has 1 atom stereocenters. The van der Waals surface area contributed by atoms with Crippen LogP contribution in [0.3, 0.4) is 0 Å². The third-order valence-electron chi connectivity index (χ3n) is 7.28. The number of rotatable bonds is 31. The SMILES string of the molecule is CCC=CCC=CCC=CCC=CCC=CCC=CCCC(=O)OC(CO)COC(=O)CCCCCCCCCCCCCC. The lowest BCUT2D eigenvalue weighted by Crippen LogP contribution is -2.28. The average molecular weight is 627 g/mol. The topological polar surface area (TPSA) is 72.8 Å². The second-order valence-corrected chi connectivity index (χ2v) is 11.6. The van der Waals surface area contributed by atoms with Gasteiger partial charge in [0.1, 0.15) is 6.61 Å². The summed E-state index contributed by atoms with van der Waals surface area (Å²) in [5, 5.41) is 9.51. The quantitative estimate of drug-likeness (QED) is 0.0471. The van der Waals surface area contributed by atoms with Crippen molar-refractivity contribution in [2.75, 3.05) is 13.2 Å². The van der Waals surface area contributed by atoms with Gasteiger partial charge in [0.2, 0.25) is 0 Å². The molecule has 0 saturated carbocycles. The third-order valence-corrected chi connectivity index (χ3v) is 7.28. The van der Waals surface area contributed by atoms with Crippen molar-refractivity contribution in [3.63, 3.8) is 0 Å². The van der Waals surface area contributed by atoms with Crippen LogP contribution in [-0.2, 0) is 19.1 Å². The molecule has 0 amide bonds. The van der Waals surface area contributed by atoms with Crippen LogP contribution >= 0.6 is 0 Å². The Hall–Kier alpha value is -2.66. The Morgan fingerprint density at radius 1 is 0.533 bits per heavy atom. The zero-order valence-corrected chi connectivity index (χ0v) is 28.8. The van der Waals surface area contributed by atoms with Gasteiger partial charge in [-0.3, -0.25) is 9.59 Å². The highest BCUT2D eigenvalue weighted by Crippen LogP contribution is 2.13. The molecule has 0 aliphatic heterocycles. The van der Waals surface area contributed by atoms with Gasteiger partial charge in [-0.2, -0.15) is 0 Å². The monoisotopic (exact) mass is 626 g/mol. The molecule has 1 N–H and O–H groups in total. The molecule has 1 unspecified atom stereocenters. The van der Waals surface area contributed by atoms with Crippen molar-refractivity contribution in [2.24, 2.45) is 0 Å². The number of aliphatic hydroxyl groups is 1. The van der Waals surface area contributed by atoms with Crippen molar-refractivity contribution in [3.8, 4) is 0 Å². The number of hydrogen-bond acceptors (Lipinski definition) is 5. The summed E-state index contributed by atoms with van der Waals surface area (Å²) < 4.78 is 10.5. The van der Waals surface area contributed by atoms with Gasteiger partial charge < -0.3 is 14.6 Å². The number of hydrogen-bond donors (Lipinski definition) is 1. The first-order valence-electron chi connectivity index (χ1n) is 18.0. The summed E-state index contributed by atoms with van der Waals surface area (Å²) in [6, 6.07) is 0. The highest BCUT2D eigenvalue weighted by Gasteiger charge is 2.15. The molecule has 5 heteroatoms. The van der Waals surface area contributed by atoms with E-state index in [1.807, 2.05) is 12.2 Å². The van der Waals surface area contributed by atoms with Crippen LogP contribution in [0.5, 0.6) is 0 Å². The highest BCUT2D eigenvalue weighted by molar-refractivity contribution is 5.70. The molecule has 0 saturated heterocycles. The van der Waals surface area contributed by atoms with Gasteiger partial charge in [0, 0.05) is 12.8 Å². The number of esters is 2. The van der Waals surface area contributed by atoms with Gasteiger partial charge in [-0.25, -0.2) is 0 Å². The van der Waals surface area contributed by atoms with Crippen LogP contribution in [0.1, 0.15) is 149 Å². The minimum atomic E-state index is -0.811. The maximum absolute atomic E-state index is 12.1. The summed E-state index contributed by atoms with van der Waals surface area (Å²) in [4.78, 5) is 24.1. The van der Waals surface area contributed by atoms with E-state index in [4.69, 9.17) is 9.47 Å². The van der Waals surface area contributed by atoms with Gasteiger partial charge >= 0.3 is 11.9 Å². The molecule has 0 aromatic heterocycles. The number of allylic oxidation sites excluding steroid dienone is 12. The molecular formula is C40H66O5. The molecule has 256 valence electrons. The van der Waals surface area contributed by atoms with Crippen molar-refractivity contribution in [2.45, 2.75) is 155 Å². The predicted molar refractivity (Wildman–Crippen MR) is 191 cm³/mol. The minimum Gasteiger partial charge on any atom is -0.462 e. The molecule has 0 fully saturated rings. The Morgan fingerprint density at radius 2 is 0.956 bits per heavy atom. The molecule has 45 heavy (non-hydrogen) atoms. The zero-order valence-electron chi connectivity index (χ0n) is 28.8. The summed E-state index contributed by atoms with van der Waals surface area (Å²) in [5.41, 5.74) is 0. The second kappa shape index (κ2) is 35.8. The lowest BCUT2D eigenvalue weighted by atomic mass is 10.0.